The number of nitro benzene ring substituents is 1. The number of phenols is 1. The fourth-order valence-corrected chi connectivity index (χ4v) is 2.00. The van der Waals surface area contributed by atoms with Crippen molar-refractivity contribution in [2.24, 2.45) is 5.73 Å². The van der Waals surface area contributed by atoms with Crippen LogP contribution in [0, 0.1) is 10.1 Å². The van der Waals surface area contributed by atoms with E-state index in [0.29, 0.717) is 4.47 Å². The standard InChI is InChI=1S/C11H13BrN2O5.ClH/c1-2-19-10(15)5-8(13)7-3-6(12)4-9(11(7)16)14(17)18;/h3-4,8,16H,2,5,13H2,1H3;1H/t8-;/m1./s1. The molecule has 7 nitrogen and oxygen atoms in total. The number of aromatic hydroxyl groups is 1. The SMILES string of the molecule is CCOC(=O)C[C@@H](N)c1cc(Br)cc([N+](=O)[O-])c1O.Cl. The van der Waals surface area contributed by atoms with E-state index in [1.165, 1.54) is 6.07 Å². The average Bonchev–Trinajstić information content (AvgIpc) is 2.31. The van der Waals surface area contributed by atoms with Gasteiger partial charge >= 0.3 is 11.7 Å². The zero-order chi connectivity index (χ0) is 14.6. The van der Waals surface area contributed by atoms with E-state index in [1.54, 1.807) is 6.92 Å². The molecule has 1 atom stereocenters. The smallest absolute Gasteiger partial charge is 0.312 e. The summed E-state index contributed by atoms with van der Waals surface area (Å²) in [5, 5.41) is 20.6. The first kappa shape index (κ1) is 18.6. The Labute approximate surface area is 129 Å². The van der Waals surface area contributed by atoms with E-state index in [0.717, 1.165) is 6.07 Å². The van der Waals surface area contributed by atoms with Crippen LogP contribution in [0.25, 0.3) is 0 Å². The van der Waals surface area contributed by atoms with Crippen molar-refractivity contribution in [1.29, 1.82) is 0 Å². The minimum Gasteiger partial charge on any atom is -0.502 e. The predicted molar refractivity (Wildman–Crippen MR) is 77.9 cm³/mol. The summed E-state index contributed by atoms with van der Waals surface area (Å²) in [6.45, 7) is 1.88. The Morgan fingerprint density at radius 3 is 2.70 bits per heavy atom. The number of halogens is 2. The molecule has 0 heterocycles. The summed E-state index contributed by atoms with van der Waals surface area (Å²) in [4.78, 5) is 21.4. The molecule has 0 aliphatic rings. The molecule has 0 spiro atoms. The first-order valence-corrected chi connectivity index (χ1v) is 6.24. The van der Waals surface area contributed by atoms with Gasteiger partial charge in [0.25, 0.3) is 0 Å². The molecular formula is C11H14BrClN2O5. The van der Waals surface area contributed by atoms with Gasteiger partial charge in [-0.3, -0.25) is 14.9 Å². The van der Waals surface area contributed by atoms with Crippen molar-refractivity contribution in [3.8, 4) is 5.75 Å². The zero-order valence-corrected chi connectivity index (χ0v) is 12.9. The minimum absolute atomic E-state index is 0. The number of esters is 1. The van der Waals surface area contributed by atoms with Crippen molar-refractivity contribution in [1.82, 2.24) is 0 Å². The molecule has 0 radical (unpaired) electrons. The number of nitro groups is 1. The van der Waals surface area contributed by atoms with Crippen LogP contribution in [0.15, 0.2) is 16.6 Å². The molecule has 0 aliphatic carbocycles. The fraction of sp³-hybridized carbons (Fsp3) is 0.364. The van der Waals surface area contributed by atoms with Crippen LogP contribution in [0.2, 0.25) is 0 Å². The van der Waals surface area contributed by atoms with Gasteiger partial charge in [-0.1, -0.05) is 15.9 Å². The zero-order valence-electron chi connectivity index (χ0n) is 10.5. The molecule has 3 N–H and O–H groups in total. The van der Waals surface area contributed by atoms with Crippen molar-refractivity contribution < 1.29 is 19.6 Å². The van der Waals surface area contributed by atoms with Crippen LogP contribution in [0.4, 0.5) is 5.69 Å². The third-order valence-electron chi connectivity index (χ3n) is 2.37. The molecule has 0 aromatic heterocycles. The van der Waals surface area contributed by atoms with E-state index in [4.69, 9.17) is 10.5 Å². The molecule has 0 saturated carbocycles. The lowest BCUT2D eigenvalue weighted by atomic mass is 10.0. The quantitative estimate of drug-likeness (QED) is 0.468. The Hall–Kier alpha value is -1.38. The van der Waals surface area contributed by atoms with Gasteiger partial charge in [0.1, 0.15) is 0 Å². The van der Waals surface area contributed by atoms with E-state index in [9.17, 15) is 20.0 Å². The van der Waals surface area contributed by atoms with Crippen LogP contribution in [0.5, 0.6) is 5.75 Å². The fourth-order valence-electron chi connectivity index (χ4n) is 1.54. The van der Waals surface area contributed by atoms with Crippen LogP contribution in [-0.2, 0) is 9.53 Å². The molecule has 9 heteroatoms. The highest BCUT2D eigenvalue weighted by atomic mass is 79.9. The number of nitrogens with zero attached hydrogens (tertiary/aromatic N) is 1. The summed E-state index contributed by atoms with van der Waals surface area (Å²) in [6, 6.07) is 1.72. The lowest BCUT2D eigenvalue weighted by molar-refractivity contribution is -0.386. The molecule has 1 aromatic carbocycles. The molecule has 0 bridgehead atoms. The van der Waals surface area contributed by atoms with Crippen LogP contribution in [0.1, 0.15) is 24.9 Å². The van der Waals surface area contributed by atoms with E-state index in [-0.39, 0.29) is 31.0 Å². The monoisotopic (exact) mass is 368 g/mol. The van der Waals surface area contributed by atoms with Crippen LogP contribution < -0.4 is 5.73 Å². The number of rotatable bonds is 5. The van der Waals surface area contributed by atoms with Crippen LogP contribution in [-0.4, -0.2) is 22.6 Å². The van der Waals surface area contributed by atoms with Gasteiger partial charge in [0.2, 0.25) is 0 Å². The molecule has 1 aromatic rings. The lowest BCUT2D eigenvalue weighted by Gasteiger charge is -2.13. The van der Waals surface area contributed by atoms with Crippen LogP contribution >= 0.6 is 28.3 Å². The number of hydrogen-bond donors (Lipinski definition) is 2. The third kappa shape index (κ3) is 4.62. The maximum absolute atomic E-state index is 11.3. The molecule has 0 aliphatic heterocycles. The second-order valence-electron chi connectivity index (χ2n) is 3.74. The number of nitrogens with two attached hydrogens (primary N) is 1. The highest BCUT2D eigenvalue weighted by molar-refractivity contribution is 9.10. The molecule has 20 heavy (non-hydrogen) atoms. The van der Waals surface area contributed by atoms with Crippen LogP contribution in [0.3, 0.4) is 0 Å². The first-order chi connectivity index (χ1) is 8.86. The molecular weight excluding hydrogens is 355 g/mol. The molecule has 0 unspecified atom stereocenters. The number of carbonyl (C=O) groups is 1. The Bertz CT molecular complexity index is 512. The lowest BCUT2D eigenvalue weighted by Crippen LogP contribution is -2.17. The molecule has 112 valence electrons. The van der Waals surface area contributed by atoms with Gasteiger partial charge in [0.15, 0.2) is 5.75 Å². The number of carbonyl (C=O) groups excluding carboxylic acids is 1. The summed E-state index contributed by atoms with van der Waals surface area (Å²) in [5.74, 6) is -1.07. The van der Waals surface area contributed by atoms with E-state index in [2.05, 4.69) is 15.9 Å². The predicted octanol–water partition coefficient (Wildman–Crippen LogP) is 2.44. The second kappa shape index (κ2) is 8.03. The molecule has 0 saturated heterocycles. The van der Waals surface area contributed by atoms with Crippen molar-refractivity contribution in [3.63, 3.8) is 0 Å². The number of benzene rings is 1. The van der Waals surface area contributed by atoms with E-state index in [1.807, 2.05) is 0 Å². The third-order valence-corrected chi connectivity index (χ3v) is 2.83. The van der Waals surface area contributed by atoms with E-state index >= 15 is 0 Å². The number of phenolic OH excluding ortho intramolecular Hbond substituents is 1. The summed E-state index contributed by atoms with van der Waals surface area (Å²) < 4.78 is 5.13. The molecule has 0 fully saturated rings. The average molecular weight is 370 g/mol. The number of hydrogen-bond acceptors (Lipinski definition) is 6. The Morgan fingerprint density at radius 2 is 2.20 bits per heavy atom. The maximum atomic E-state index is 11.3. The van der Waals surface area contributed by atoms with Gasteiger partial charge in [0.05, 0.1) is 18.0 Å². The van der Waals surface area contributed by atoms with Gasteiger partial charge in [-0.05, 0) is 13.0 Å². The second-order valence-corrected chi connectivity index (χ2v) is 4.65. The topological polar surface area (TPSA) is 116 Å². The minimum atomic E-state index is -0.879. The largest absolute Gasteiger partial charge is 0.502 e. The summed E-state index contributed by atoms with van der Waals surface area (Å²) in [6.07, 6.45) is -0.172. The summed E-state index contributed by atoms with van der Waals surface area (Å²) in [5.41, 5.74) is 5.41. The van der Waals surface area contributed by atoms with Crippen molar-refractivity contribution in [3.05, 3.63) is 32.3 Å². The maximum Gasteiger partial charge on any atom is 0.312 e. The molecule has 0 amide bonds. The summed E-state index contributed by atoms with van der Waals surface area (Å²) >= 11 is 3.09. The van der Waals surface area contributed by atoms with E-state index < -0.39 is 28.4 Å². The van der Waals surface area contributed by atoms with Crippen molar-refractivity contribution in [2.45, 2.75) is 19.4 Å². The van der Waals surface area contributed by atoms with Gasteiger partial charge in [0, 0.05) is 22.1 Å². The Kier molecular flexibility index (Phi) is 7.48. The Morgan fingerprint density at radius 1 is 1.60 bits per heavy atom. The Balaban J connectivity index is 0.00000361. The summed E-state index contributed by atoms with van der Waals surface area (Å²) in [7, 11) is 0. The van der Waals surface area contributed by atoms with Gasteiger partial charge in [-0.25, -0.2) is 0 Å². The van der Waals surface area contributed by atoms with Gasteiger partial charge in [-0.15, -0.1) is 12.4 Å². The normalized spacial score (nSPS) is 11.3. The number of ether oxygens (including phenoxy) is 1. The highest BCUT2D eigenvalue weighted by Gasteiger charge is 2.23. The van der Waals surface area contributed by atoms with Gasteiger partial charge in [-0.2, -0.15) is 0 Å². The van der Waals surface area contributed by atoms with Crippen molar-refractivity contribution in [2.75, 3.05) is 6.61 Å². The van der Waals surface area contributed by atoms with Gasteiger partial charge < -0.3 is 15.6 Å². The highest BCUT2D eigenvalue weighted by Crippen LogP contribution is 2.36. The molecule has 1 rings (SSSR count). The first-order valence-electron chi connectivity index (χ1n) is 5.44. The van der Waals surface area contributed by atoms with Crippen molar-refractivity contribution >= 4 is 40.0 Å².